The number of rotatable bonds is 6. The molecule has 1 saturated heterocycles. The molecule has 0 bridgehead atoms. The third-order valence-electron chi connectivity index (χ3n) is 4.80. The Labute approximate surface area is 148 Å². The van der Waals surface area contributed by atoms with Crippen LogP contribution in [0.5, 0.6) is 0 Å². The third-order valence-corrected chi connectivity index (χ3v) is 6.55. The Balaban J connectivity index is 1.49. The van der Waals surface area contributed by atoms with Gasteiger partial charge in [0.2, 0.25) is 5.91 Å². The van der Waals surface area contributed by atoms with Crippen molar-refractivity contribution < 1.29 is 13.2 Å². The summed E-state index contributed by atoms with van der Waals surface area (Å²) >= 11 is 0. The van der Waals surface area contributed by atoms with Gasteiger partial charge in [-0.25, -0.2) is 13.4 Å². The average Bonchev–Trinajstić information content (AvgIpc) is 3.14. The number of hydrogen-bond donors (Lipinski definition) is 1. The van der Waals surface area contributed by atoms with Crippen molar-refractivity contribution in [3.63, 3.8) is 0 Å². The monoisotopic (exact) mass is 364 g/mol. The van der Waals surface area contributed by atoms with Gasteiger partial charge >= 0.3 is 0 Å². The van der Waals surface area contributed by atoms with Gasteiger partial charge in [0, 0.05) is 25.2 Å². The van der Waals surface area contributed by atoms with E-state index in [1.807, 2.05) is 41.6 Å². The SMILES string of the molecule is Cc1cccn2c(CNC(=O)CCN(C)[C@H]3CCS(=O)(=O)C3)cnc12. The summed E-state index contributed by atoms with van der Waals surface area (Å²) in [4.78, 5) is 18.5. The Morgan fingerprint density at radius 2 is 2.28 bits per heavy atom. The van der Waals surface area contributed by atoms with Crippen molar-refractivity contribution in [2.45, 2.75) is 32.4 Å². The van der Waals surface area contributed by atoms with Crippen molar-refractivity contribution in [3.05, 3.63) is 35.8 Å². The highest BCUT2D eigenvalue weighted by atomic mass is 32.2. The number of fused-ring (bicyclic) bond motifs is 1. The number of carbonyl (C=O) groups excluding carboxylic acids is 1. The maximum atomic E-state index is 12.1. The molecular weight excluding hydrogens is 340 g/mol. The number of sulfone groups is 1. The van der Waals surface area contributed by atoms with Gasteiger partial charge in [-0.1, -0.05) is 6.07 Å². The number of imidazole rings is 1. The Bertz CT molecular complexity index is 875. The molecule has 3 heterocycles. The Hall–Kier alpha value is -1.93. The minimum atomic E-state index is -2.90. The van der Waals surface area contributed by atoms with Gasteiger partial charge in [-0.3, -0.25) is 4.79 Å². The second-order valence-electron chi connectivity index (χ2n) is 6.70. The van der Waals surface area contributed by atoms with Crippen molar-refractivity contribution in [2.75, 3.05) is 25.1 Å². The van der Waals surface area contributed by atoms with Gasteiger partial charge in [0.15, 0.2) is 9.84 Å². The van der Waals surface area contributed by atoms with E-state index in [1.54, 1.807) is 6.20 Å². The van der Waals surface area contributed by atoms with Crippen LogP contribution in [-0.2, 0) is 21.2 Å². The number of hydrogen-bond acceptors (Lipinski definition) is 5. The first-order valence-electron chi connectivity index (χ1n) is 8.44. The maximum Gasteiger partial charge on any atom is 0.221 e. The van der Waals surface area contributed by atoms with E-state index in [1.165, 1.54) is 0 Å². The molecule has 0 aliphatic carbocycles. The molecule has 3 rings (SSSR count). The molecule has 0 unspecified atom stereocenters. The van der Waals surface area contributed by atoms with Gasteiger partial charge in [-0.15, -0.1) is 0 Å². The number of aryl methyl sites for hydroxylation is 1. The molecule has 25 heavy (non-hydrogen) atoms. The molecule has 1 N–H and O–H groups in total. The number of aromatic nitrogens is 2. The first kappa shape index (κ1) is 17.9. The van der Waals surface area contributed by atoms with Crippen LogP contribution in [-0.4, -0.2) is 59.7 Å². The molecule has 1 aliphatic heterocycles. The van der Waals surface area contributed by atoms with Gasteiger partial charge in [0.1, 0.15) is 5.65 Å². The lowest BCUT2D eigenvalue weighted by molar-refractivity contribution is -0.121. The molecule has 1 amide bonds. The van der Waals surface area contributed by atoms with E-state index in [-0.39, 0.29) is 23.5 Å². The summed E-state index contributed by atoms with van der Waals surface area (Å²) in [6, 6.07) is 3.99. The fourth-order valence-corrected chi connectivity index (χ4v) is 5.00. The minimum Gasteiger partial charge on any atom is -0.350 e. The molecule has 0 saturated carbocycles. The van der Waals surface area contributed by atoms with Crippen LogP contribution in [0.4, 0.5) is 0 Å². The van der Waals surface area contributed by atoms with E-state index in [0.717, 1.165) is 16.9 Å². The first-order chi connectivity index (χ1) is 11.9. The number of amides is 1. The zero-order valence-electron chi connectivity index (χ0n) is 14.6. The third kappa shape index (κ3) is 4.19. The molecule has 0 radical (unpaired) electrons. The highest BCUT2D eigenvalue weighted by molar-refractivity contribution is 7.91. The topological polar surface area (TPSA) is 83.8 Å². The molecule has 2 aromatic heterocycles. The molecule has 1 fully saturated rings. The van der Waals surface area contributed by atoms with Crippen LogP contribution in [0.25, 0.3) is 5.65 Å². The number of nitrogens with zero attached hydrogens (tertiary/aromatic N) is 3. The molecule has 0 aromatic carbocycles. The lowest BCUT2D eigenvalue weighted by Gasteiger charge is -2.22. The van der Waals surface area contributed by atoms with E-state index in [0.29, 0.717) is 25.9 Å². The van der Waals surface area contributed by atoms with Crippen LogP contribution in [0.3, 0.4) is 0 Å². The molecular formula is C17H24N4O3S. The van der Waals surface area contributed by atoms with Crippen LogP contribution < -0.4 is 5.32 Å². The average molecular weight is 364 g/mol. The smallest absolute Gasteiger partial charge is 0.221 e. The highest BCUT2D eigenvalue weighted by Crippen LogP contribution is 2.16. The van der Waals surface area contributed by atoms with E-state index < -0.39 is 9.84 Å². The lowest BCUT2D eigenvalue weighted by Crippen LogP contribution is -2.36. The summed E-state index contributed by atoms with van der Waals surface area (Å²) in [5, 5.41) is 2.91. The van der Waals surface area contributed by atoms with E-state index in [4.69, 9.17) is 0 Å². The van der Waals surface area contributed by atoms with Gasteiger partial charge < -0.3 is 14.6 Å². The maximum absolute atomic E-state index is 12.1. The van der Waals surface area contributed by atoms with E-state index in [9.17, 15) is 13.2 Å². The van der Waals surface area contributed by atoms with E-state index in [2.05, 4.69) is 10.3 Å². The van der Waals surface area contributed by atoms with Gasteiger partial charge in [0.25, 0.3) is 0 Å². The molecule has 2 aromatic rings. The summed E-state index contributed by atoms with van der Waals surface area (Å²) in [5.74, 6) is 0.407. The summed E-state index contributed by atoms with van der Waals surface area (Å²) in [6.07, 6.45) is 4.72. The number of carbonyl (C=O) groups is 1. The second kappa shape index (κ2) is 7.13. The van der Waals surface area contributed by atoms with Gasteiger partial charge in [-0.2, -0.15) is 0 Å². The predicted molar refractivity (Wildman–Crippen MR) is 96.1 cm³/mol. The van der Waals surface area contributed by atoms with Crippen LogP contribution in [0.15, 0.2) is 24.5 Å². The Kier molecular flexibility index (Phi) is 5.10. The van der Waals surface area contributed by atoms with Gasteiger partial charge in [0.05, 0.1) is 29.9 Å². The summed E-state index contributed by atoms with van der Waals surface area (Å²) in [7, 11) is -1.01. The zero-order chi connectivity index (χ0) is 18.0. The van der Waals surface area contributed by atoms with Crippen LogP contribution in [0.2, 0.25) is 0 Å². The fraction of sp³-hybridized carbons (Fsp3) is 0.529. The molecule has 136 valence electrons. The number of pyridine rings is 1. The van der Waals surface area contributed by atoms with E-state index >= 15 is 0 Å². The minimum absolute atomic E-state index is 0.0274. The molecule has 0 spiro atoms. The van der Waals surface area contributed by atoms with Crippen molar-refractivity contribution in [1.82, 2.24) is 19.6 Å². The number of nitrogens with one attached hydrogen (secondary N) is 1. The van der Waals surface area contributed by atoms with Crippen molar-refractivity contribution in [2.24, 2.45) is 0 Å². The van der Waals surface area contributed by atoms with Crippen LogP contribution >= 0.6 is 0 Å². The Morgan fingerprint density at radius 1 is 1.48 bits per heavy atom. The first-order valence-corrected chi connectivity index (χ1v) is 10.3. The molecule has 1 aliphatic rings. The lowest BCUT2D eigenvalue weighted by atomic mass is 10.2. The standard InChI is InChI=1S/C17H24N4O3S/c1-13-4-3-7-21-15(11-19-17(13)21)10-18-16(22)5-8-20(2)14-6-9-25(23,24)12-14/h3-4,7,11,14H,5-6,8-10,12H2,1-2H3,(H,18,22)/t14-/m0/s1. The summed E-state index contributed by atoms with van der Waals surface area (Å²) < 4.78 is 25.0. The van der Waals surface area contributed by atoms with Crippen LogP contribution in [0.1, 0.15) is 24.1 Å². The Morgan fingerprint density at radius 3 is 3.00 bits per heavy atom. The normalized spacial score (nSPS) is 19.6. The van der Waals surface area contributed by atoms with Crippen molar-refractivity contribution >= 4 is 21.4 Å². The highest BCUT2D eigenvalue weighted by Gasteiger charge is 2.30. The van der Waals surface area contributed by atoms with Crippen molar-refractivity contribution in [1.29, 1.82) is 0 Å². The summed E-state index contributed by atoms with van der Waals surface area (Å²) in [5.41, 5.74) is 2.92. The quantitative estimate of drug-likeness (QED) is 0.818. The fourth-order valence-electron chi connectivity index (χ4n) is 3.19. The van der Waals surface area contributed by atoms with Crippen LogP contribution in [0, 0.1) is 6.92 Å². The van der Waals surface area contributed by atoms with Gasteiger partial charge in [-0.05, 0) is 32.0 Å². The zero-order valence-corrected chi connectivity index (χ0v) is 15.4. The molecule has 8 heteroatoms. The predicted octanol–water partition coefficient (Wildman–Crippen LogP) is 0.768. The summed E-state index contributed by atoms with van der Waals surface area (Å²) in [6.45, 7) is 2.98. The molecule has 1 atom stereocenters. The second-order valence-corrected chi connectivity index (χ2v) is 8.93. The largest absolute Gasteiger partial charge is 0.350 e. The van der Waals surface area contributed by atoms with Crippen molar-refractivity contribution in [3.8, 4) is 0 Å². The molecule has 7 nitrogen and oxygen atoms in total.